The van der Waals surface area contributed by atoms with Crippen LogP contribution < -0.4 is 11.0 Å². The number of fused-ring (bicyclic) bond motifs is 1. The van der Waals surface area contributed by atoms with Crippen LogP contribution in [0, 0.1) is 21.4 Å². The predicted octanol–water partition coefficient (Wildman–Crippen LogP) is 2.61. The highest BCUT2D eigenvalue weighted by atomic mass is 35.5. The van der Waals surface area contributed by atoms with E-state index in [1.165, 1.54) is 30.3 Å². The minimum absolute atomic E-state index is 0.0878. The van der Waals surface area contributed by atoms with E-state index in [4.69, 9.17) is 28.5 Å². The summed E-state index contributed by atoms with van der Waals surface area (Å²) < 4.78 is 0. The fourth-order valence-corrected chi connectivity index (χ4v) is 2.99. The molecule has 0 aliphatic rings. The molecule has 162 valence electrons. The summed E-state index contributed by atoms with van der Waals surface area (Å²) >= 11 is 11.9. The second-order valence-electron chi connectivity index (χ2n) is 6.32. The molecule has 1 heterocycles. The SMILES string of the molecule is N#CCC(=O)N/N=C(\c1nc2ccc([N+](=O)[O-])cc2[nH]c1=O)C(O)c1ccc(Cl)c(Cl)c1. The summed E-state index contributed by atoms with van der Waals surface area (Å²) in [5.74, 6) is -0.779. The molecular weight excluding hydrogens is 463 g/mol. The predicted molar refractivity (Wildman–Crippen MR) is 115 cm³/mol. The topological polar surface area (TPSA) is 174 Å². The van der Waals surface area contributed by atoms with Crippen LogP contribution in [0.15, 0.2) is 46.3 Å². The average molecular weight is 475 g/mol. The highest BCUT2D eigenvalue weighted by molar-refractivity contribution is 6.42. The number of nitrogens with zero attached hydrogens (tertiary/aromatic N) is 4. The molecule has 13 heteroatoms. The van der Waals surface area contributed by atoms with Crippen LogP contribution >= 0.6 is 23.2 Å². The van der Waals surface area contributed by atoms with Crippen molar-refractivity contribution in [2.45, 2.75) is 12.5 Å². The second kappa shape index (κ2) is 9.52. The van der Waals surface area contributed by atoms with E-state index in [2.05, 4.69) is 20.5 Å². The molecule has 3 rings (SSSR count). The third kappa shape index (κ3) is 4.89. The molecule has 3 aromatic rings. The molecule has 0 saturated carbocycles. The molecule has 0 radical (unpaired) electrons. The van der Waals surface area contributed by atoms with E-state index < -0.39 is 28.9 Å². The number of carbonyl (C=O) groups is 1. The molecule has 0 spiro atoms. The van der Waals surface area contributed by atoms with Crippen LogP contribution in [0.3, 0.4) is 0 Å². The van der Waals surface area contributed by atoms with E-state index in [1.54, 1.807) is 6.07 Å². The Morgan fingerprint density at radius 3 is 2.72 bits per heavy atom. The minimum Gasteiger partial charge on any atom is -0.382 e. The van der Waals surface area contributed by atoms with Crippen molar-refractivity contribution in [3.63, 3.8) is 0 Å². The molecule has 3 N–H and O–H groups in total. The molecule has 0 saturated heterocycles. The van der Waals surface area contributed by atoms with Gasteiger partial charge < -0.3 is 10.1 Å². The van der Waals surface area contributed by atoms with Gasteiger partial charge in [-0.25, -0.2) is 10.4 Å². The van der Waals surface area contributed by atoms with Crippen molar-refractivity contribution in [3.05, 3.63) is 78.2 Å². The highest BCUT2D eigenvalue weighted by Crippen LogP contribution is 2.27. The fraction of sp³-hybridized carbons (Fsp3) is 0.105. The van der Waals surface area contributed by atoms with Gasteiger partial charge in [0.25, 0.3) is 17.2 Å². The normalized spacial score (nSPS) is 12.2. The summed E-state index contributed by atoms with van der Waals surface area (Å²) in [7, 11) is 0. The van der Waals surface area contributed by atoms with Crippen LogP contribution in [0.1, 0.15) is 23.8 Å². The van der Waals surface area contributed by atoms with Gasteiger partial charge in [-0.15, -0.1) is 0 Å². The smallest absolute Gasteiger partial charge is 0.276 e. The van der Waals surface area contributed by atoms with Gasteiger partial charge in [-0.2, -0.15) is 10.4 Å². The number of hydrogen-bond acceptors (Lipinski definition) is 8. The Bertz CT molecular complexity index is 1360. The summed E-state index contributed by atoms with van der Waals surface area (Å²) in [6.45, 7) is 0. The average Bonchev–Trinajstić information content (AvgIpc) is 2.75. The number of aromatic amines is 1. The summed E-state index contributed by atoms with van der Waals surface area (Å²) in [5, 5.41) is 34.6. The van der Waals surface area contributed by atoms with Gasteiger partial charge in [0, 0.05) is 12.1 Å². The van der Waals surface area contributed by atoms with Crippen LogP contribution in [0.25, 0.3) is 11.0 Å². The van der Waals surface area contributed by atoms with Crippen molar-refractivity contribution < 1.29 is 14.8 Å². The zero-order valence-corrected chi connectivity index (χ0v) is 17.4. The number of nitrogens with one attached hydrogen (secondary N) is 2. The molecular formula is C19H12Cl2N6O5. The number of amides is 1. The molecule has 0 bridgehead atoms. The number of halogens is 2. The molecule has 0 aliphatic heterocycles. The number of H-pyrrole nitrogens is 1. The van der Waals surface area contributed by atoms with Crippen LogP contribution in [0.2, 0.25) is 10.0 Å². The molecule has 0 aliphatic carbocycles. The Morgan fingerprint density at radius 2 is 2.06 bits per heavy atom. The van der Waals surface area contributed by atoms with Crippen molar-refractivity contribution >= 4 is 51.5 Å². The third-order valence-corrected chi connectivity index (χ3v) is 4.93. The standard InChI is InChI=1S/C19H12Cl2N6O5/c20-11-3-1-9(7-12(11)21)18(29)16(26-25-15(28)5-6-22)17-19(30)24-14-8-10(27(31)32)2-4-13(14)23-17/h1-4,7-8,18,29H,5H2,(H,24,30)(H,25,28)/b26-16+. The Labute approximate surface area is 189 Å². The third-order valence-electron chi connectivity index (χ3n) is 4.19. The number of carbonyl (C=O) groups excluding carboxylic acids is 1. The van der Waals surface area contributed by atoms with E-state index in [-0.39, 0.29) is 43.7 Å². The number of hydrazone groups is 1. The van der Waals surface area contributed by atoms with Crippen molar-refractivity contribution in [1.29, 1.82) is 5.26 Å². The number of aliphatic hydroxyl groups is 1. The van der Waals surface area contributed by atoms with Gasteiger partial charge >= 0.3 is 0 Å². The van der Waals surface area contributed by atoms with E-state index in [0.29, 0.717) is 0 Å². The maximum absolute atomic E-state index is 12.7. The number of aromatic nitrogens is 2. The zero-order chi connectivity index (χ0) is 23.4. The molecule has 1 aromatic heterocycles. The Hall–Kier alpha value is -3.85. The van der Waals surface area contributed by atoms with Gasteiger partial charge in [0.05, 0.1) is 32.1 Å². The number of hydrogen-bond donors (Lipinski definition) is 3. The minimum atomic E-state index is -1.57. The number of rotatable bonds is 6. The number of aliphatic hydroxyl groups excluding tert-OH is 1. The van der Waals surface area contributed by atoms with Gasteiger partial charge in [-0.1, -0.05) is 29.3 Å². The van der Waals surface area contributed by atoms with Gasteiger partial charge in [-0.3, -0.25) is 19.7 Å². The largest absolute Gasteiger partial charge is 0.382 e. The first-order valence-electron chi connectivity index (χ1n) is 8.76. The lowest BCUT2D eigenvalue weighted by Crippen LogP contribution is -2.29. The Kier molecular flexibility index (Phi) is 6.79. The van der Waals surface area contributed by atoms with Gasteiger partial charge in [-0.05, 0) is 23.8 Å². The van der Waals surface area contributed by atoms with Crippen molar-refractivity contribution in [1.82, 2.24) is 15.4 Å². The molecule has 1 amide bonds. The lowest BCUT2D eigenvalue weighted by molar-refractivity contribution is -0.384. The molecule has 2 aromatic carbocycles. The first-order valence-corrected chi connectivity index (χ1v) is 9.52. The number of nitro groups is 1. The number of non-ortho nitro benzene ring substituents is 1. The molecule has 1 unspecified atom stereocenters. The van der Waals surface area contributed by atoms with Crippen molar-refractivity contribution in [3.8, 4) is 6.07 Å². The van der Waals surface area contributed by atoms with E-state index >= 15 is 0 Å². The van der Waals surface area contributed by atoms with Crippen molar-refractivity contribution in [2.75, 3.05) is 0 Å². The summed E-state index contributed by atoms with van der Waals surface area (Å²) in [6.07, 6.45) is -2.08. The highest BCUT2D eigenvalue weighted by Gasteiger charge is 2.24. The lowest BCUT2D eigenvalue weighted by Gasteiger charge is -2.14. The maximum Gasteiger partial charge on any atom is 0.276 e. The summed E-state index contributed by atoms with van der Waals surface area (Å²) in [5.41, 5.74) is 0.741. The number of nitriles is 1. The number of nitro benzene ring substituents is 1. The van der Waals surface area contributed by atoms with E-state index in [0.717, 1.165) is 6.07 Å². The number of benzene rings is 2. The first kappa shape index (κ1) is 22.8. The van der Waals surface area contributed by atoms with Gasteiger partial charge in [0.2, 0.25) is 0 Å². The van der Waals surface area contributed by atoms with E-state index in [9.17, 15) is 24.8 Å². The molecule has 1 atom stereocenters. The quantitative estimate of drug-likeness (QED) is 0.279. The lowest BCUT2D eigenvalue weighted by atomic mass is 10.0. The molecule has 11 nitrogen and oxygen atoms in total. The van der Waals surface area contributed by atoms with Crippen LogP contribution in [-0.2, 0) is 4.79 Å². The van der Waals surface area contributed by atoms with Crippen LogP contribution in [-0.4, -0.2) is 31.6 Å². The molecule has 32 heavy (non-hydrogen) atoms. The maximum atomic E-state index is 12.7. The Balaban J connectivity index is 2.14. The van der Waals surface area contributed by atoms with Gasteiger partial charge in [0.1, 0.15) is 18.2 Å². The van der Waals surface area contributed by atoms with Gasteiger partial charge in [0.15, 0.2) is 5.69 Å². The monoisotopic (exact) mass is 474 g/mol. The van der Waals surface area contributed by atoms with Crippen molar-refractivity contribution in [2.24, 2.45) is 5.10 Å². The second-order valence-corrected chi connectivity index (χ2v) is 7.13. The first-order chi connectivity index (χ1) is 15.2. The Morgan fingerprint density at radius 1 is 1.31 bits per heavy atom. The summed E-state index contributed by atoms with van der Waals surface area (Å²) in [6, 6.07) is 9.48. The van der Waals surface area contributed by atoms with Crippen LogP contribution in [0.4, 0.5) is 5.69 Å². The fourth-order valence-electron chi connectivity index (χ4n) is 2.68. The summed E-state index contributed by atoms with van der Waals surface area (Å²) in [4.78, 5) is 41.3. The molecule has 0 fully saturated rings. The van der Waals surface area contributed by atoms with Crippen LogP contribution in [0.5, 0.6) is 0 Å². The van der Waals surface area contributed by atoms with E-state index in [1.807, 2.05) is 0 Å². The zero-order valence-electron chi connectivity index (χ0n) is 15.9.